The van der Waals surface area contributed by atoms with E-state index in [2.05, 4.69) is 5.32 Å². The average molecular weight is 399 g/mol. The van der Waals surface area contributed by atoms with Gasteiger partial charge in [-0.1, -0.05) is 0 Å². The van der Waals surface area contributed by atoms with Crippen molar-refractivity contribution >= 4 is 32.3 Å². The first-order valence-electron chi connectivity index (χ1n) is 7.45. The molecule has 2 bridgehead atoms. The van der Waals surface area contributed by atoms with Gasteiger partial charge in [0.1, 0.15) is 10.7 Å². The molecule has 1 aromatic rings. The van der Waals surface area contributed by atoms with E-state index in [1.165, 1.54) is 10.4 Å². The van der Waals surface area contributed by atoms with Gasteiger partial charge in [0.25, 0.3) is 0 Å². The lowest BCUT2D eigenvalue weighted by Gasteiger charge is -2.27. The normalized spacial score (nSPS) is 25.1. The van der Waals surface area contributed by atoms with Crippen LogP contribution in [0.25, 0.3) is 0 Å². The third-order valence-electron chi connectivity index (χ3n) is 4.47. The Kier molecular flexibility index (Phi) is 5.61. The molecule has 3 rings (SSSR count). The highest BCUT2D eigenvalue weighted by atomic mass is 35.5. The Balaban J connectivity index is 0.00000208. The molecule has 24 heavy (non-hydrogen) atoms. The Morgan fingerprint density at radius 3 is 2.42 bits per heavy atom. The van der Waals surface area contributed by atoms with Crippen LogP contribution < -0.4 is 5.32 Å². The summed E-state index contributed by atoms with van der Waals surface area (Å²) in [5, 5.41) is 3.21. The van der Waals surface area contributed by atoms with E-state index in [0.717, 1.165) is 44.2 Å². The molecular formula is C14H20ClFN2O4S2. The highest BCUT2D eigenvalue weighted by Gasteiger charge is 2.43. The molecule has 10 heteroatoms. The fourth-order valence-corrected chi connectivity index (χ4v) is 6.04. The maximum atomic E-state index is 14.1. The lowest BCUT2D eigenvalue weighted by molar-refractivity contribution is 0.334. The summed E-state index contributed by atoms with van der Waals surface area (Å²) < 4.78 is 64.3. The first-order valence-corrected chi connectivity index (χ1v) is 10.8. The summed E-state index contributed by atoms with van der Waals surface area (Å²) in [6, 6.07) is 2.79. The molecule has 2 aliphatic rings. The topological polar surface area (TPSA) is 83.5 Å². The van der Waals surface area contributed by atoms with Crippen molar-refractivity contribution in [3.05, 3.63) is 24.0 Å². The second-order valence-corrected chi connectivity index (χ2v) is 9.90. The van der Waals surface area contributed by atoms with E-state index in [0.29, 0.717) is 6.54 Å². The van der Waals surface area contributed by atoms with Gasteiger partial charge in [-0.25, -0.2) is 21.2 Å². The van der Waals surface area contributed by atoms with Crippen LogP contribution in [-0.4, -0.2) is 52.6 Å². The van der Waals surface area contributed by atoms with Gasteiger partial charge in [-0.3, -0.25) is 0 Å². The summed E-state index contributed by atoms with van der Waals surface area (Å²) in [4.78, 5) is -0.682. The van der Waals surface area contributed by atoms with Gasteiger partial charge in [0, 0.05) is 24.9 Å². The van der Waals surface area contributed by atoms with Crippen LogP contribution in [0.4, 0.5) is 4.39 Å². The number of rotatable bonds is 3. The van der Waals surface area contributed by atoms with Crippen LogP contribution in [0.15, 0.2) is 28.0 Å². The van der Waals surface area contributed by atoms with Crippen molar-refractivity contribution in [3.63, 3.8) is 0 Å². The molecule has 2 atom stereocenters. The van der Waals surface area contributed by atoms with Crippen LogP contribution in [0.2, 0.25) is 0 Å². The summed E-state index contributed by atoms with van der Waals surface area (Å²) in [5.41, 5.74) is 0. The van der Waals surface area contributed by atoms with Crippen molar-refractivity contribution in [2.45, 2.75) is 41.1 Å². The molecular weight excluding hydrogens is 379 g/mol. The van der Waals surface area contributed by atoms with Crippen LogP contribution in [0.3, 0.4) is 0 Å². The maximum absolute atomic E-state index is 14.1. The first kappa shape index (κ1) is 19.6. The smallest absolute Gasteiger partial charge is 0.243 e. The molecule has 0 aliphatic carbocycles. The molecule has 2 aliphatic heterocycles. The quantitative estimate of drug-likeness (QED) is 0.826. The van der Waals surface area contributed by atoms with Crippen LogP contribution in [0.5, 0.6) is 0 Å². The number of nitrogens with one attached hydrogen (secondary N) is 1. The third-order valence-corrected chi connectivity index (χ3v) is 7.60. The largest absolute Gasteiger partial charge is 0.315 e. The van der Waals surface area contributed by atoms with Crippen molar-refractivity contribution in [1.82, 2.24) is 9.62 Å². The Hall–Kier alpha value is -0.740. The number of benzene rings is 1. The molecule has 2 fully saturated rings. The molecule has 0 amide bonds. The van der Waals surface area contributed by atoms with Gasteiger partial charge < -0.3 is 5.32 Å². The lowest BCUT2D eigenvalue weighted by Crippen LogP contribution is -2.42. The maximum Gasteiger partial charge on any atom is 0.243 e. The molecule has 2 unspecified atom stereocenters. The summed E-state index contributed by atoms with van der Waals surface area (Å²) in [5.74, 6) is -1.03. The summed E-state index contributed by atoms with van der Waals surface area (Å²) in [6.45, 7) is 1.34. The Morgan fingerprint density at radius 1 is 1.12 bits per heavy atom. The van der Waals surface area contributed by atoms with Gasteiger partial charge in [0.2, 0.25) is 10.0 Å². The zero-order chi connectivity index (χ0) is 16.8. The third kappa shape index (κ3) is 3.45. The number of sulfonamides is 1. The molecule has 0 saturated carbocycles. The number of nitrogens with zero attached hydrogens (tertiary/aromatic N) is 1. The second-order valence-electron chi connectivity index (χ2n) is 6.08. The van der Waals surface area contributed by atoms with Gasteiger partial charge in [-0.15, -0.1) is 12.4 Å². The Bertz CT molecular complexity index is 815. The Labute approximate surface area is 147 Å². The minimum absolute atomic E-state index is 0. The minimum atomic E-state index is -3.85. The number of fused-ring (bicyclic) bond motifs is 2. The molecule has 136 valence electrons. The van der Waals surface area contributed by atoms with Gasteiger partial charge in [0.15, 0.2) is 9.84 Å². The number of halogens is 2. The van der Waals surface area contributed by atoms with Gasteiger partial charge in [0.05, 0.1) is 4.90 Å². The van der Waals surface area contributed by atoms with E-state index >= 15 is 0 Å². The number of hydrogen-bond donors (Lipinski definition) is 1. The predicted molar refractivity (Wildman–Crippen MR) is 90.1 cm³/mol. The summed E-state index contributed by atoms with van der Waals surface area (Å²) in [6.07, 6.45) is 3.19. The van der Waals surface area contributed by atoms with Crippen LogP contribution in [0, 0.1) is 5.82 Å². The summed E-state index contributed by atoms with van der Waals surface area (Å²) >= 11 is 0. The zero-order valence-corrected chi connectivity index (χ0v) is 15.6. The van der Waals surface area contributed by atoms with E-state index in [4.69, 9.17) is 0 Å². The van der Waals surface area contributed by atoms with Gasteiger partial charge in [-0.2, -0.15) is 4.31 Å². The van der Waals surface area contributed by atoms with Crippen LogP contribution in [-0.2, 0) is 19.9 Å². The number of hydrogen-bond acceptors (Lipinski definition) is 5. The van der Waals surface area contributed by atoms with Crippen LogP contribution in [0.1, 0.15) is 19.3 Å². The van der Waals surface area contributed by atoms with Crippen molar-refractivity contribution < 1.29 is 21.2 Å². The van der Waals surface area contributed by atoms with E-state index in [-0.39, 0.29) is 29.4 Å². The van der Waals surface area contributed by atoms with E-state index in [9.17, 15) is 21.2 Å². The molecule has 0 spiro atoms. The molecule has 2 saturated heterocycles. The fraction of sp³-hybridized carbons (Fsp3) is 0.571. The second kappa shape index (κ2) is 6.87. The van der Waals surface area contributed by atoms with Crippen molar-refractivity contribution in [3.8, 4) is 0 Å². The molecule has 6 nitrogen and oxygen atoms in total. The predicted octanol–water partition coefficient (Wildman–Crippen LogP) is 1.17. The summed E-state index contributed by atoms with van der Waals surface area (Å²) in [7, 11) is -7.58. The van der Waals surface area contributed by atoms with E-state index < -0.39 is 30.6 Å². The SMILES string of the molecule is CS(=O)(=O)c1ccc(S(=O)(=O)N2C3CCNCC2CC3)cc1F.Cl. The average Bonchev–Trinajstić information content (AvgIpc) is 2.71. The molecule has 0 radical (unpaired) electrons. The minimum Gasteiger partial charge on any atom is -0.315 e. The van der Waals surface area contributed by atoms with Gasteiger partial charge >= 0.3 is 0 Å². The monoisotopic (exact) mass is 398 g/mol. The highest BCUT2D eigenvalue weighted by Crippen LogP contribution is 2.34. The van der Waals surface area contributed by atoms with Crippen molar-refractivity contribution in [2.24, 2.45) is 0 Å². The highest BCUT2D eigenvalue weighted by molar-refractivity contribution is 7.90. The van der Waals surface area contributed by atoms with Crippen molar-refractivity contribution in [2.75, 3.05) is 19.3 Å². The molecule has 1 aromatic carbocycles. The van der Waals surface area contributed by atoms with Crippen molar-refractivity contribution in [1.29, 1.82) is 0 Å². The lowest BCUT2D eigenvalue weighted by atomic mass is 10.1. The van der Waals surface area contributed by atoms with Gasteiger partial charge in [-0.05, 0) is 44.0 Å². The van der Waals surface area contributed by atoms with E-state index in [1.807, 2.05) is 0 Å². The molecule has 2 heterocycles. The number of sulfone groups is 1. The molecule has 0 aromatic heterocycles. The molecule has 1 N–H and O–H groups in total. The zero-order valence-electron chi connectivity index (χ0n) is 13.1. The standard InChI is InChI=1S/C14H19FN2O4S2.ClH/c1-22(18,19)14-5-4-12(8-13(14)15)23(20,21)17-10-2-3-11(17)9-16-7-6-10;/h4-5,8,10-11,16H,2-3,6-7,9H2,1H3;1H. The van der Waals surface area contributed by atoms with Crippen LogP contribution >= 0.6 is 12.4 Å². The first-order chi connectivity index (χ1) is 10.7. The Morgan fingerprint density at radius 2 is 1.79 bits per heavy atom. The van der Waals surface area contributed by atoms with E-state index in [1.54, 1.807) is 0 Å². The fourth-order valence-electron chi connectivity index (χ4n) is 3.40.